The Morgan fingerprint density at radius 1 is 0.909 bits per heavy atom. The van der Waals surface area contributed by atoms with Crippen molar-refractivity contribution in [1.82, 2.24) is 9.80 Å². The highest BCUT2D eigenvalue weighted by Crippen LogP contribution is 2.24. The summed E-state index contributed by atoms with van der Waals surface area (Å²) in [7, 11) is 0. The zero-order chi connectivity index (χ0) is 23.4. The first-order valence-corrected chi connectivity index (χ1v) is 11.9. The molecule has 0 radical (unpaired) electrons. The van der Waals surface area contributed by atoms with Gasteiger partial charge >= 0.3 is 0 Å². The van der Waals surface area contributed by atoms with E-state index in [-0.39, 0.29) is 30.4 Å². The van der Waals surface area contributed by atoms with E-state index < -0.39 is 0 Å². The first-order chi connectivity index (χ1) is 15.9. The zero-order valence-corrected chi connectivity index (χ0v) is 20.5. The van der Waals surface area contributed by atoms with E-state index in [2.05, 4.69) is 46.8 Å². The van der Waals surface area contributed by atoms with Gasteiger partial charge in [-0.3, -0.25) is 9.69 Å². The molecule has 33 heavy (non-hydrogen) atoms. The molecule has 0 unspecified atom stereocenters. The second kappa shape index (κ2) is 10.5. The van der Waals surface area contributed by atoms with Crippen molar-refractivity contribution in [3.05, 3.63) is 88.6 Å². The minimum absolute atomic E-state index is 0.00670. The maximum absolute atomic E-state index is 13.2. The van der Waals surface area contributed by atoms with Gasteiger partial charge in [-0.05, 0) is 66.9 Å². The number of rotatable bonds is 6. The third-order valence-corrected chi connectivity index (χ3v) is 6.66. The number of amides is 1. The monoisotopic (exact) mass is 510 g/mol. The third-order valence-electron chi connectivity index (χ3n) is 6.13. The smallest absolute Gasteiger partial charge is 0.260 e. The molecule has 1 aliphatic heterocycles. The van der Waals surface area contributed by atoms with Crippen LogP contribution in [0.2, 0.25) is 0 Å². The number of hydrogen-bond acceptors (Lipinski definition) is 3. The summed E-state index contributed by atoms with van der Waals surface area (Å²) in [5.74, 6) is 0.450. The Labute approximate surface area is 203 Å². The van der Waals surface area contributed by atoms with Crippen LogP contribution in [0, 0.1) is 5.82 Å². The van der Waals surface area contributed by atoms with Crippen LogP contribution < -0.4 is 4.74 Å². The number of ether oxygens (including phenoxy) is 1. The molecule has 0 aromatic heterocycles. The molecule has 0 aliphatic carbocycles. The Hall–Kier alpha value is -2.70. The highest BCUT2D eigenvalue weighted by molar-refractivity contribution is 9.10. The summed E-state index contributed by atoms with van der Waals surface area (Å²) in [6.07, 6.45) is 0. The van der Waals surface area contributed by atoms with Crippen molar-refractivity contribution < 1.29 is 13.9 Å². The van der Waals surface area contributed by atoms with Crippen LogP contribution in [0.4, 0.5) is 4.39 Å². The molecule has 0 saturated carbocycles. The summed E-state index contributed by atoms with van der Waals surface area (Å²) in [6.45, 7) is 6.37. The van der Waals surface area contributed by atoms with Crippen molar-refractivity contribution in [3.63, 3.8) is 0 Å². The number of nitrogens with zero attached hydrogens (tertiary/aromatic N) is 2. The fourth-order valence-electron chi connectivity index (χ4n) is 4.20. The van der Waals surface area contributed by atoms with Gasteiger partial charge in [-0.25, -0.2) is 4.39 Å². The average Bonchev–Trinajstić information content (AvgIpc) is 2.82. The van der Waals surface area contributed by atoms with Crippen molar-refractivity contribution >= 4 is 21.8 Å². The molecule has 0 spiro atoms. The molecule has 0 N–H and O–H groups in total. The normalized spacial score (nSPS) is 18.8. The first-order valence-electron chi connectivity index (χ1n) is 11.2. The summed E-state index contributed by atoms with van der Waals surface area (Å²) in [5.41, 5.74) is 3.30. The minimum Gasteiger partial charge on any atom is -0.484 e. The van der Waals surface area contributed by atoms with Gasteiger partial charge in [-0.1, -0.05) is 52.3 Å². The van der Waals surface area contributed by atoms with Crippen LogP contribution in [0.5, 0.6) is 5.75 Å². The Morgan fingerprint density at radius 3 is 2.15 bits per heavy atom. The number of carbonyl (C=O) groups excluding carboxylic acids is 1. The summed E-state index contributed by atoms with van der Waals surface area (Å²) < 4.78 is 20.0. The van der Waals surface area contributed by atoms with Gasteiger partial charge in [0, 0.05) is 36.2 Å². The molecule has 6 heteroatoms. The van der Waals surface area contributed by atoms with Gasteiger partial charge in [-0.2, -0.15) is 0 Å². The second-order valence-electron chi connectivity index (χ2n) is 8.62. The molecule has 0 bridgehead atoms. The summed E-state index contributed by atoms with van der Waals surface area (Å²) in [5, 5.41) is 0. The number of benzene rings is 3. The predicted molar refractivity (Wildman–Crippen MR) is 133 cm³/mol. The van der Waals surface area contributed by atoms with E-state index in [0.717, 1.165) is 34.3 Å². The SMILES string of the molecule is C[C@@H]1CN(C(=O)COc2ccc(-c3ccc(Br)cc3)cc2)[C@@H](C)CN1Cc1ccc(F)cc1. The van der Waals surface area contributed by atoms with E-state index in [1.54, 1.807) is 0 Å². The predicted octanol–water partition coefficient (Wildman–Crippen LogP) is 5.76. The van der Waals surface area contributed by atoms with Crippen LogP contribution in [0.3, 0.4) is 0 Å². The lowest BCUT2D eigenvalue weighted by Gasteiger charge is -2.44. The number of carbonyl (C=O) groups is 1. The molecular weight excluding hydrogens is 483 g/mol. The van der Waals surface area contributed by atoms with E-state index in [0.29, 0.717) is 12.3 Å². The Morgan fingerprint density at radius 2 is 1.52 bits per heavy atom. The largest absolute Gasteiger partial charge is 0.484 e. The van der Waals surface area contributed by atoms with Crippen LogP contribution in [0.15, 0.2) is 77.3 Å². The van der Waals surface area contributed by atoms with E-state index in [9.17, 15) is 9.18 Å². The highest BCUT2D eigenvalue weighted by Gasteiger charge is 2.32. The molecule has 3 aromatic rings. The quantitative estimate of drug-likeness (QED) is 0.422. The molecule has 1 amide bonds. The second-order valence-corrected chi connectivity index (χ2v) is 9.54. The maximum Gasteiger partial charge on any atom is 0.260 e. The molecule has 1 aliphatic rings. The number of halogens is 2. The zero-order valence-electron chi connectivity index (χ0n) is 18.9. The van der Waals surface area contributed by atoms with Gasteiger partial charge in [-0.15, -0.1) is 0 Å². The molecule has 4 nitrogen and oxygen atoms in total. The fourth-order valence-corrected chi connectivity index (χ4v) is 4.47. The Kier molecular flexibility index (Phi) is 7.46. The molecule has 1 fully saturated rings. The average molecular weight is 511 g/mol. The van der Waals surface area contributed by atoms with Gasteiger partial charge in [0.25, 0.3) is 5.91 Å². The molecule has 3 aromatic carbocycles. The number of hydrogen-bond donors (Lipinski definition) is 0. The van der Waals surface area contributed by atoms with Crippen molar-refractivity contribution in [3.8, 4) is 16.9 Å². The van der Waals surface area contributed by atoms with Gasteiger partial charge in [0.15, 0.2) is 6.61 Å². The first kappa shape index (κ1) is 23.5. The van der Waals surface area contributed by atoms with Crippen molar-refractivity contribution in [2.45, 2.75) is 32.5 Å². The third kappa shape index (κ3) is 6.01. The van der Waals surface area contributed by atoms with E-state index in [4.69, 9.17) is 4.74 Å². The van der Waals surface area contributed by atoms with Crippen LogP contribution in [0.25, 0.3) is 11.1 Å². The fraction of sp³-hybridized carbons (Fsp3) is 0.296. The topological polar surface area (TPSA) is 32.8 Å². The highest BCUT2D eigenvalue weighted by atomic mass is 79.9. The number of piperazine rings is 1. The molecule has 2 atom stereocenters. The van der Waals surface area contributed by atoms with Crippen LogP contribution in [-0.4, -0.2) is 47.5 Å². The van der Waals surface area contributed by atoms with E-state index in [1.807, 2.05) is 53.4 Å². The van der Waals surface area contributed by atoms with Crippen molar-refractivity contribution in [2.75, 3.05) is 19.7 Å². The molecule has 172 valence electrons. The van der Waals surface area contributed by atoms with Gasteiger partial charge in [0.05, 0.1) is 0 Å². The van der Waals surface area contributed by atoms with Crippen LogP contribution in [0.1, 0.15) is 19.4 Å². The molecular formula is C27H28BrFN2O2. The van der Waals surface area contributed by atoms with E-state index >= 15 is 0 Å². The lowest BCUT2D eigenvalue weighted by Crippen LogP contribution is -2.58. The summed E-state index contributed by atoms with van der Waals surface area (Å²) >= 11 is 3.45. The minimum atomic E-state index is -0.224. The van der Waals surface area contributed by atoms with Gasteiger partial charge < -0.3 is 9.64 Å². The van der Waals surface area contributed by atoms with Gasteiger partial charge in [0.1, 0.15) is 11.6 Å². The maximum atomic E-state index is 13.2. The van der Waals surface area contributed by atoms with Crippen LogP contribution in [-0.2, 0) is 11.3 Å². The molecule has 1 heterocycles. The summed E-state index contributed by atoms with van der Waals surface area (Å²) in [6, 6.07) is 22.9. The van der Waals surface area contributed by atoms with E-state index in [1.165, 1.54) is 12.1 Å². The standard InChI is InChI=1S/C27H28BrFN2O2/c1-19-16-31(20(2)15-30(19)17-21-3-11-25(29)12-4-21)27(32)18-33-26-13-7-23(8-14-26)22-5-9-24(28)10-6-22/h3-14,19-20H,15-18H2,1-2H3/t19-,20+/m1/s1. The van der Waals surface area contributed by atoms with Crippen LogP contribution >= 0.6 is 15.9 Å². The Bertz CT molecular complexity index is 1070. The van der Waals surface area contributed by atoms with Crippen molar-refractivity contribution in [2.24, 2.45) is 0 Å². The lowest BCUT2D eigenvalue weighted by atomic mass is 10.1. The van der Waals surface area contributed by atoms with Crippen molar-refractivity contribution in [1.29, 1.82) is 0 Å². The lowest BCUT2D eigenvalue weighted by molar-refractivity contribution is -0.139. The molecule has 4 rings (SSSR count). The summed E-state index contributed by atoms with van der Waals surface area (Å²) in [4.78, 5) is 17.1. The van der Waals surface area contributed by atoms with Gasteiger partial charge in [0.2, 0.25) is 0 Å². The molecule has 1 saturated heterocycles. The Balaban J connectivity index is 1.30.